The van der Waals surface area contributed by atoms with Crippen molar-refractivity contribution in [2.75, 3.05) is 39.3 Å². The fraction of sp³-hybridized carbons (Fsp3) is 0.765. The van der Waals surface area contributed by atoms with Crippen LogP contribution in [0.4, 0.5) is 0 Å². The molecular weight excluding hydrogens is 379 g/mol. The quantitative estimate of drug-likeness (QED) is 0.813. The first kappa shape index (κ1) is 22.6. The second-order valence-electron chi connectivity index (χ2n) is 6.76. The van der Waals surface area contributed by atoms with Gasteiger partial charge >= 0.3 is 0 Å². The molecule has 2 N–H and O–H groups in total. The minimum absolute atomic E-state index is 0. The number of hydrogen-bond acceptors (Lipinski definition) is 5. The van der Waals surface area contributed by atoms with Gasteiger partial charge in [-0.25, -0.2) is 4.98 Å². The van der Waals surface area contributed by atoms with E-state index in [4.69, 9.17) is 5.73 Å². The lowest BCUT2D eigenvalue weighted by molar-refractivity contribution is 0.0601. The van der Waals surface area contributed by atoms with E-state index in [9.17, 15) is 4.79 Å². The molecule has 0 aromatic carbocycles. The Labute approximate surface area is 167 Å². The number of piperazine rings is 1. The molecule has 0 unspecified atom stereocenters. The molecule has 25 heavy (non-hydrogen) atoms. The number of rotatable bonds is 5. The number of carbonyl (C=O) groups excluding carboxylic acids is 1. The molecule has 1 aliphatic heterocycles. The largest absolute Gasteiger partial charge is 0.335 e. The van der Waals surface area contributed by atoms with E-state index in [2.05, 4.69) is 9.88 Å². The zero-order valence-electron chi connectivity index (χ0n) is 14.7. The molecule has 2 heterocycles. The lowest BCUT2D eigenvalue weighted by Gasteiger charge is -2.37. The van der Waals surface area contributed by atoms with E-state index in [1.165, 1.54) is 38.6 Å². The summed E-state index contributed by atoms with van der Waals surface area (Å²) in [6, 6.07) is 0. The highest BCUT2D eigenvalue weighted by molar-refractivity contribution is 7.09. The zero-order chi connectivity index (χ0) is 16.1. The van der Waals surface area contributed by atoms with Crippen LogP contribution in [0.3, 0.4) is 0 Å². The summed E-state index contributed by atoms with van der Waals surface area (Å²) in [6.45, 7) is 5.47. The summed E-state index contributed by atoms with van der Waals surface area (Å²) in [7, 11) is 0. The number of nitrogens with two attached hydrogens (primary N) is 1. The van der Waals surface area contributed by atoms with Gasteiger partial charge in [-0.1, -0.05) is 19.3 Å². The number of hydrogen-bond donors (Lipinski definition) is 1. The van der Waals surface area contributed by atoms with Gasteiger partial charge in [-0.2, -0.15) is 0 Å². The number of nitrogens with zero attached hydrogens (tertiary/aromatic N) is 3. The van der Waals surface area contributed by atoms with Crippen molar-refractivity contribution in [2.45, 2.75) is 38.5 Å². The topological polar surface area (TPSA) is 62.5 Å². The highest BCUT2D eigenvalue weighted by Crippen LogP contribution is 2.25. The van der Waals surface area contributed by atoms with Gasteiger partial charge in [0.05, 0.1) is 5.01 Å². The molecule has 1 aromatic rings. The van der Waals surface area contributed by atoms with Crippen molar-refractivity contribution < 1.29 is 4.79 Å². The summed E-state index contributed by atoms with van der Waals surface area (Å²) in [6.07, 6.45) is 7.76. The predicted octanol–water partition coefficient (Wildman–Crippen LogP) is 2.83. The molecule has 0 radical (unpaired) electrons. The van der Waals surface area contributed by atoms with Crippen LogP contribution in [0.25, 0.3) is 0 Å². The Hall–Kier alpha value is -0.400. The maximum absolute atomic E-state index is 12.5. The summed E-state index contributed by atoms with van der Waals surface area (Å²) < 4.78 is 0. The van der Waals surface area contributed by atoms with Gasteiger partial charge in [0.2, 0.25) is 0 Å². The number of thiazole rings is 1. The first-order valence-corrected chi connectivity index (χ1v) is 9.80. The smallest absolute Gasteiger partial charge is 0.273 e. The molecular formula is C17H30Cl2N4OS. The minimum Gasteiger partial charge on any atom is -0.335 e. The lowest BCUT2D eigenvalue weighted by Crippen LogP contribution is -2.50. The highest BCUT2D eigenvalue weighted by atomic mass is 35.5. The normalized spacial score (nSPS) is 19.2. The van der Waals surface area contributed by atoms with E-state index >= 15 is 0 Å². The third-order valence-corrected chi connectivity index (χ3v) is 5.94. The van der Waals surface area contributed by atoms with Crippen LogP contribution in [0.2, 0.25) is 0 Å². The fourth-order valence-corrected chi connectivity index (χ4v) is 4.47. The first-order valence-electron chi connectivity index (χ1n) is 8.92. The van der Waals surface area contributed by atoms with E-state index in [-0.39, 0.29) is 30.7 Å². The van der Waals surface area contributed by atoms with Crippen molar-refractivity contribution in [2.24, 2.45) is 11.7 Å². The summed E-state index contributed by atoms with van der Waals surface area (Å²) in [5, 5.41) is 2.84. The van der Waals surface area contributed by atoms with Gasteiger partial charge in [-0.15, -0.1) is 36.2 Å². The Morgan fingerprint density at radius 2 is 1.84 bits per heavy atom. The van der Waals surface area contributed by atoms with Gasteiger partial charge in [0, 0.05) is 44.5 Å². The molecule has 0 spiro atoms. The summed E-state index contributed by atoms with van der Waals surface area (Å²) in [4.78, 5) is 21.5. The van der Waals surface area contributed by atoms with Gasteiger partial charge in [0.15, 0.2) is 0 Å². The van der Waals surface area contributed by atoms with Crippen LogP contribution in [0.1, 0.15) is 47.6 Å². The van der Waals surface area contributed by atoms with Crippen molar-refractivity contribution in [3.8, 4) is 0 Å². The van der Waals surface area contributed by atoms with Crippen molar-refractivity contribution >= 4 is 42.1 Å². The van der Waals surface area contributed by atoms with E-state index in [0.717, 1.165) is 43.5 Å². The standard InChI is InChI=1S/C17H28N4OS.2ClH/c18-7-6-16-19-15(13-23-16)17(22)21-10-8-20(9-11-21)12-14-4-2-1-3-5-14;;/h13-14H,1-12,18H2;2*1H. The maximum atomic E-state index is 12.5. The van der Waals surface area contributed by atoms with Gasteiger partial charge in [0.25, 0.3) is 5.91 Å². The predicted molar refractivity (Wildman–Crippen MR) is 108 cm³/mol. The summed E-state index contributed by atoms with van der Waals surface area (Å²) in [5.41, 5.74) is 6.14. The fourth-order valence-electron chi connectivity index (χ4n) is 3.68. The minimum atomic E-state index is 0. The Balaban J connectivity index is 0.00000156. The molecule has 3 rings (SSSR count). The number of halogens is 2. The van der Waals surface area contributed by atoms with Crippen LogP contribution in [-0.4, -0.2) is 60.0 Å². The van der Waals surface area contributed by atoms with E-state index in [1.807, 2.05) is 10.3 Å². The molecule has 1 amide bonds. The van der Waals surface area contributed by atoms with Crippen molar-refractivity contribution in [3.63, 3.8) is 0 Å². The van der Waals surface area contributed by atoms with Gasteiger partial charge in [-0.05, 0) is 25.3 Å². The second kappa shape index (κ2) is 11.3. The van der Waals surface area contributed by atoms with Crippen LogP contribution in [0, 0.1) is 5.92 Å². The molecule has 0 bridgehead atoms. The average Bonchev–Trinajstić information content (AvgIpc) is 3.05. The lowest BCUT2D eigenvalue weighted by atomic mass is 9.89. The van der Waals surface area contributed by atoms with Crippen LogP contribution >= 0.6 is 36.2 Å². The number of amides is 1. The van der Waals surface area contributed by atoms with Gasteiger partial charge in [-0.3, -0.25) is 9.69 Å². The molecule has 2 aliphatic rings. The Kier molecular flexibility index (Phi) is 10.3. The molecule has 2 fully saturated rings. The zero-order valence-corrected chi connectivity index (χ0v) is 17.1. The Morgan fingerprint density at radius 3 is 2.48 bits per heavy atom. The van der Waals surface area contributed by atoms with Crippen molar-refractivity contribution in [1.29, 1.82) is 0 Å². The second-order valence-corrected chi connectivity index (χ2v) is 7.70. The molecule has 144 valence electrons. The molecule has 1 saturated heterocycles. The van der Waals surface area contributed by atoms with Crippen molar-refractivity contribution in [1.82, 2.24) is 14.8 Å². The molecule has 5 nitrogen and oxygen atoms in total. The summed E-state index contributed by atoms with van der Waals surface area (Å²) in [5.74, 6) is 0.963. The Morgan fingerprint density at radius 1 is 1.16 bits per heavy atom. The maximum Gasteiger partial charge on any atom is 0.273 e. The third-order valence-electron chi connectivity index (χ3n) is 5.03. The molecule has 0 atom stereocenters. The molecule has 1 saturated carbocycles. The average molecular weight is 409 g/mol. The summed E-state index contributed by atoms with van der Waals surface area (Å²) >= 11 is 1.54. The highest BCUT2D eigenvalue weighted by Gasteiger charge is 2.25. The SMILES string of the molecule is Cl.Cl.NCCc1nc(C(=O)N2CCN(CC3CCCCC3)CC2)cs1. The Bertz CT molecular complexity index is 515. The van der Waals surface area contributed by atoms with Crippen LogP contribution < -0.4 is 5.73 Å². The van der Waals surface area contributed by atoms with Gasteiger partial charge in [0.1, 0.15) is 5.69 Å². The van der Waals surface area contributed by atoms with E-state index in [1.54, 1.807) is 11.3 Å². The molecule has 8 heteroatoms. The molecule has 1 aromatic heterocycles. The van der Waals surface area contributed by atoms with Crippen LogP contribution in [0.15, 0.2) is 5.38 Å². The monoisotopic (exact) mass is 408 g/mol. The number of carbonyl (C=O) groups is 1. The first-order chi connectivity index (χ1) is 11.3. The van der Waals surface area contributed by atoms with E-state index in [0.29, 0.717) is 12.2 Å². The van der Waals surface area contributed by atoms with Crippen molar-refractivity contribution in [3.05, 3.63) is 16.1 Å². The van der Waals surface area contributed by atoms with Gasteiger partial charge < -0.3 is 10.6 Å². The number of aromatic nitrogens is 1. The molecule has 1 aliphatic carbocycles. The third kappa shape index (κ3) is 6.36. The van der Waals surface area contributed by atoms with E-state index < -0.39 is 0 Å². The van der Waals surface area contributed by atoms with Crippen LogP contribution in [-0.2, 0) is 6.42 Å². The van der Waals surface area contributed by atoms with Crippen LogP contribution in [0.5, 0.6) is 0 Å².